The van der Waals surface area contributed by atoms with Gasteiger partial charge < -0.3 is 15.1 Å². The third kappa shape index (κ3) is 4.21. The van der Waals surface area contributed by atoms with Crippen LogP contribution in [0.2, 0.25) is 0 Å². The Labute approximate surface area is 128 Å². The number of hydrogen-bond donors (Lipinski definition) is 1. The minimum atomic E-state index is 0.195. The normalized spacial score (nSPS) is 17.6. The molecule has 116 valence electrons. The Hall–Kier alpha value is -1.55. The van der Waals surface area contributed by atoms with E-state index in [2.05, 4.69) is 55.5 Å². The third-order valence-corrected chi connectivity index (χ3v) is 4.34. The number of hydrogen-bond acceptors (Lipinski definition) is 3. The quantitative estimate of drug-likeness (QED) is 0.924. The van der Waals surface area contributed by atoms with Gasteiger partial charge in [-0.3, -0.25) is 4.79 Å². The molecule has 0 saturated carbocycles. The Morgan fingerprint density at radius 3 is 2.29 bits per heavy atom. The van der Waals surface area contributed by atoms with E-state index in [1.54, 1.807) is 6.92 Å². The van der Waals surface area contributed by atoms with Gasteiger partial charge in [-0.05, 0) is 37.5 Å². The Morgan fingerprint density at radius 2 is 1.81 bits per heavy atom. The van der Waals surface area contributed by atoms with Crippen molar-refractivity contribution in [1.82, 2.24) is 10.2 Å². The maximum Gasteiger partial charge on any atom is 0.219 e. The van der Waals surface area contributed by atoms with E-state index in [9.17, 15) is 4.79 Å². The van der Waals surface area contributed by atoms with Crippen LogP contribution < -0.4 is 10.2 Å². The average molecular weight is 289 g/mol. The van der Waals surface area contributed by atoms with Gasteiger partial charge >= 0.3 is 0 Å². The summed E-state index contributed by atoms with van der Waals surface area (Å²) in [6.45, 7) is 5.61. The minimum absolute atomic E-state index is 0.195. The van der Waals surface area contributed by atoms with Gasteiger partial charge in [0.2, 0.25) is 5.91 Å². The largest absolute Gasteiger partial charge is 0.378 e. The van der Waals surface area contributed by atoms with Crippen molar-refractivity contribution in [3.05, 3.63) is 29.8 Å². The van der Waals surface area contributed by atoms with Crippen molar-refractivity contribution in [2.24, 2.45) is 0 Å². The average Bonchev–Trinajstić information content (AvgIpc) is 2.47. The predicted molar refractivity (Wildman–Crippen MR) is 87.6 cm³/mol. The SMILES string of the molecule is CC(=O)N1CCC(NC(C)c2ccc(N(C)C)cc2)CC1. The summed E-state index contributed by atoms with van der Waals surface area (Å²) in [5.74, 6) is 0.195. The van der Waals surface area contributed by atoms with Gasteiger partial charge in [-0.2, -0.15) is 0 Å². The second-order valence-corrected chi connectivity index (χ2v) is 6.15. The minimum Gasteiger partial charge on any atom is -0.378 e. The Kier molecular flexibility index (Phi) is 5.23. The highest BCUT2D eigenvalue weighted by Gasteiger charge is 2.21. The Bertz CT molecular complexity index is 461. The third-order valence-electron chi connectivity index (χ3n) is 4.34. The van der Waals surface area contributed by atoms with Crippen molar-refractivity contribution < 1.29 is 4.79 Å². The number of benzene rings is 1. The first kappa shape index (κ1) is 15.8. The first-order valence-corrected chi connectivity index (χ1v) is 7.76. The number of anilines is 1. The fourth-order valence-electron chi connectivity index (χ4n) is 2.87. The van der Waals surface area contributed by atoms with Crippen LogP contribution in [0.3, 0.4) is 0 Å². The van der Waals surface area contributed by atoms with Gasteiger partial charge in [0.05, 0.1) is 0 Å². The van der Waals surface area contributed by atoms with Crippen molar-refractivity contribution >= 4 is 11.6 Å². The zero-order chi connectivity index (χ0) is 15.4. The summed E-state index contributed by atoms with van der Waals surface area (Å²) < 4.78 is 0. The molecule has 0 radical (unpaired) electrons. The van der Waals surface area contributed by atoms with E-state index in [-0.39, 0.29) is 5.91 Å². The van der Waals surface area contributed by atoms with E-state index in [1.165, 1.54) is 11.3 Å². The molecule has 0 aromatic heterocycles. The lowest BCUT2D eigenvalue weighted by atomic mass is 10.0. The number of piperidine rings is 1. The molecule has 1 N–H and O–H groups in total. The molecule has 1 aliphatic heterocycles. The van der Waals surface area contributed by atoms with Gasteiger partial charge in [-0.15, -0.1) is 0 Å². The second-order valence-electron chi connectivity index (χ2n) is 6.15. The van der Waals surface area contributed by atoms with Crippen molar-refractivity contribution in [1.29, 1.82) is 0 Å². The standard InChI is InChI=1S/C17H27N3O/c1-13(15-5-7-17(8-6-15)19(3)4)18-16-9-11-20(12-10-16)14(2)21/h5-8,13,16,18H,9-12H2,1-4H3. The van der Waals surface area contributed by atoms with Crippen LogP contribution in [-0.4, -0.2) is 44.0 Å². The molecule has 1 fully saturated rings. The lowest BCUT2D eigenvalue weighted by Gasteiger charge is -2.33. The molecule has 1 heterocycles. The molecule has 1 aromatic rings. The summed E-state index contributed by atoms with van der Waals surface area (Å²) in [4.78, 5) is 15.4. The molecule has 0 aliphatic carbocycles. The first-order valence-electron chi connectivity index (χ1n) is 7.76. The summed E-state index contributed by atoms with van der Waals surface area (Å²) in [6.07, 6.45) is 2.08. The highest BCUT2D eigenvalue weighted by atomic mass is 16.2. The van der Waals surface area contributed by atoms with Crippen LogP contribution >= 0.6 is 0 Å². The maximum atomic E-state index is 11.3. The van der Waals surface area contributed by atoms with E-state index in [4.69, 9.17) is 0 Å². The molecular formula is C17H27N3O. The number of amides is 1. The molecule has 21 heavy (non-hydrogen) atoms. The van der Waals surface area contributed by atoms with Crippen LogP contribution in [0, 0.1) is 0 Å². The summed E-state index contributed by atoms with van der Waals surface area (Å²) in [5, 5.41) is 3.69. The van der Waals surface area contributed by atoms with E-state index < -0.39 is 0 Å². The summed E-state index contributed by atoms with van der Waals surface area (Å²) in [5.41, 5.74) is 2.54. The summed E-state index contributed by atoms with van der Waals surface area (Å²) in [6, 6.07) is 9.55. The van der Waals surface area contributed by atoms with Gasteiger partial charge in [-0.1, -0.05) is 12.1 Å². The lowest BCUT2D eigenvalue weighted by molar-refractivity contribution is -0.129. The zero-order valence-corrected chi connectivity index (χ0v) is 13.6. The molecular weight excluding hydrogens is 262 g/mol. The number of nitrogens with one attached hydrogen (secondary N) is 1. The second kappa shape index (κ2) is 6.94. The van der Waals surface area contributed by atoms with Crippen LogP contribution in [0.4, 0.5) is 5.69 Å². The van der Waals surface area contributed by atoms with E-state index >= 15 is 0 Å². The summed E-state index contributed by atoms with van der Waals surface area (Å²) in [7, 11) is 4.11. The van der Waals surface area contributed by atoms with Crippen molar-refractivity contribution in [3.63, 3.8) is 0 Å². The number of likely N-dealkylation sites (tertiary alicyclic amines) is 1. The number of carbonyl (C=O) groups excluding carboxylic acids is 1. The Morgan fingerprint density at radius 1 is 1.24 bits per heavy atom. The molecule has 0 spiro atoms. The maximum absolute atomic E-state index is 11.3. The zero-order valence-electron chi connectivity index (χ0n) is 13.6. The number of carbonyl (C=O) groups is 1. The number of rotatable bonds is 4. The Balaban J connectivity index is 1.87. The molecule has 2 rings (SSSR count). The molecule has 4 heteroatoms. The highest BCUT2D eigenvalue weighted by molar-refractivity contribution is 5.73. The van der Waals surface area contributed by atoms with Gasteiger partial charge in [-0.25, -0.2) is 0 Å². The first-order chi connectivity index (χ1) is 9.97. The van der Waals surface area contributed by atoms with E-state index in [1.807, 2.05) is 4.90 Å². The lowest BCUT2D eigenvalue weighted by Crippen LogP contribution is -2.44. The van der Waals surface area contributed by atoms with Gasteiger partial charge in [0.25, 0.3) is 0 Å². The molecule has 1 aromatic carbocycles. The van der Waals surface area contributed by atoms with Crippen LogP contribution in [0.1, 0.15) is 38.3 Å². The molecule has 1 aliphatic rings. The monoisotopic (exact) mass is 289 g/mol. The molecule has 4 nitrogen and oxygen atoms in total. The summed E-state index contributed by atoms with van der Waals surface area (Å²) >= 11 is 0. The predicted octanol–water partition coefficient (Wildman–Crippen LogP) is 2.41. The molecule has 0 bridgehead atoms. The van der Waals surface area contributed by atoms with E-state index in [0.29, 0.717) is 12.1 Å². The van der Waals surface area contributed by atoms with E-state index in [0.717, 1.165) is 25.9 Å². The van der Waals surface area contributed by atoms with Crippen LogP contribution in [-0.2, 0) is 4.79 Å². The van der Waals surface area contributed by atoms with Crippen LogP contribution in [0.25, 0.3) is 0 Å². The highest BCUT2D eigenvalue weighted by Crippen LogP contribution is 2.20. The smallest absolute Gasteiger partial charge is 0.219 e. The number of nitrogens with zero attached hydrogens (tertiary/aromatic N) is 2. The molecule has 1 unspecified atom stereocenters. The van der Waals surface area contributed by atoms with Gasteiger partial charge in [0.15, 0.2) is 0 Å². The van der Waals surface area contributed by atoms with Gasteiger partial charge in [0, 0.05) is 51.9 Å². The van der Waals surface area contributed by atoms with Crippen molar-refractivity contribution in [2.45, 2.75) is 38.8 Å². The molecule has 1 saturated heterocycles. The topological polar surface area (TPSA) is 35.6 Å². The van der Waals surface area contributed by atoms with Crippen molar-refractivity contribution in [2.75, 3.05) is 32.1 Å². The fraction of sp³-hybridized carbons (Fsp3) is 0.588. The van der Waals surface area contributed by atoms with Crippen LogP contribution in [0.5, 0.6) is 0 Å². The van der Waals surface area contributed by atoms with Gasteiger partial charge in [0.1, 0.15) is 0 Å². The molecule has 1 atom stereocenters. The van der Waals surface area contributed by atoms with Crippen LogP contribution in [0.15, 0.2) is 24.3 Å². The fourth-order valence-corrected chi connectivity index (χ4v) is 2.87. The molecule has 1 amide bonds. The van der Waals surface area contributed by atoms with Crippen molar-refractivity contribution in [3.8, 4) is 0 Å².